The molecule has 1 aromatic rings. The number of ether oxygens (including phenoxy) is 1. The monoisotopic (exact) mass is 462 g/mol. The van der Waals surface area contributed by atoms with Crippen molar-refractivity contribution in [3.63, 3.8) is 0 Å². The zero-order valence-electron chi connectivity index (χ0n) is 20.4. The fourth-order valence-electron chi connectivity index (χ4n) is 4.67. The molecule has 0 aliphatic heterocycles. The topological polar surface area (TPSA) is 54.0 Å². The van der Waals surface area contributed by atoms with Crippen molar-refractivity contribution in [3.8, 4) is 0 Å². The summed E-state index contributed by atoms with van der Waals surface area (Å²) in [6.07, 6.45) is 12.0. The predicted octanol–water partition coefficient (Wildman–Crippen LogP) is 6.37. The van der Waals surface area contributed by atoms with Gasteiger partial charge in [-0.3, -0.25) is 0 Å². The number of methoxy groups -OCH3 is 1. The first-order chi connectivity index (χ1) is 15.6. The van der Waals surface area contributed by atoms with Gasteiger partial charge in [0, 0.05) is 31.9 Å². The van der Waals surface area contributed by atoms with Gasteiger partial charge in [0.15, 0.2) is 0 Å². The minimum absolute atomic E-state index is 0.325. The predicted molar refractivity (Wildman–Crippen MR) is 131 cm³/mol. The Morgan fingerprint density at radius 3 is 2.06 bits per heavy atom. The van der Waals surface area contributed by atoms with E-state index in [-0.39, 0.29) is 5.97 Å². The first-order valence-corrected chi connectivity index (χ1v) is 14.3. The van der Waals surface area contributed by atoms with E-state index in [0.29, 0.717) is 25.7 Å². The van der Waals surface area contributed by atoms with Gasteiger partial charge >= 0.3 is 14.8 Å². The fourth-order valence-corrected chi connectivity index (χ4v) is 7.36. The number of hydrogen-bond acceptors (Lipinski definition) is 5. The third-order valence-corrected chi connectivity index (χ3v) is 9.46. The normalized spacial score (nSPS) is 19.4. The highest BCUT2D eigenvalue weighted by molar-refractivity contribution is 6.60. The van der Waals surface area contributed by atoms with Crippen molar-refractivity contribution in [3.05, 3.63) is 41.5 Å². The Morgan fingerprint density at radius 1 is 0.938 bits per heavy atom. The van der Waals surface area contributed by atoms with E-state index >= 15 is 0 Å². The van der Waals surface area contributed by atoms with Crippen molar-refractivity contribution in [1.29, 1.82) is 0 Å². The number of benzene rings is 1. The van der Waals surface area contributed by atoms with Gasteiger partial charge in [0.1, 0.15) is 0 Å². The number of carbonyl (C=O) groups is 1. The Labute approximate surface area is 195 Å². The Morgan fingerprint density at radius 2 is 1.53 bits per heavy atom. The maximum Gasteiger partial charge on any atom is 0.500 e. The molecule has 0 amide bonds. The number of unbranched alkanes of at least 4 members (excludes halogenated alkanes) is 1. The molecule has 1 aliphatic carbocycles. The van der Waals surface area contributed by atoms with Crippen LogP contribution in [0.15, 0.2) is 30.3 Å². The molecule has 180 valence electrons. The Hall–Kier alpha value is -1.47. The standard InChI is InChI=1S/C26H42O5Si/c1-5-29-32(30-6-2,31-7-3)21-9-8-10-22-11-16-24(17-12-22)25-18-13-23(14-19-25)15-20-26(27)28-4/h13-15,18-20,22,24H,5-12,16-17,21H2,1-4H3/b20-15+/t22-,24-. The summed E-state index contributed by atoms with van der Waals surface area (Å²) in [5.74, 6) is 1.16. The maximum atomic E-state index is 11.2. The van der Waals surface area contributed by atoms with Crippen LogP contribution in [0.25, 0.3) is 6.08 Å². The Bertz CT molecular complexity index is 663. The van der Waals surface area contributed by atoms with Crippen LogP contribution >= 0.6 is 0 Å². The van der Waals surface area contributed by atoms with Crippen molar-refractivity contribution < 1.29 is 22.8 Å². The fraction of sp³-hybridized carbons (Fsp3) is 0.654. The summed E-state index contributed by atoms with van der Waals surface area (Å²) in [5.41, 5.74) is 2.44. The number of rotatable bonds is 14. The zero-order valence-corrected chi connectivity index (χ0v) is 21.4. The van der Waals surface area contributed by atoms with E-state index in [4.69, 9.17) is 13.3 Å². The van der Waals surface area contributed by atoms with Gasteiger partial charge in [0.25, 0.3) is 0 Å². The average molecular weight is 463 g/mol. The van der Waals surface area contributed by atoms with Crippen molar-refractivity contribution in [2.45, 2.75) is 77.7 Å². The molecule has 0 atom stereocenters. The van der Waals surface area contributed by atoms with Crippen LogP contribution in [0.1, 0.15) is 82.8 Å². The lowest BCUT2D eigenvalue weighted by Gasteiger charge is -2.30. The van der Waals surface area contributed by atoms with Gasteiger partial charge in [-0.25, -0.2) is 4.79 Å². The lowest BCUT2D eigenvalue weighted by molar-refractivity contribution is -0.134. The first kappa shape index (κ1) is 26.8. The number of esters is 1. The second-order valence-electron chi connectivity index (χ2n) is 8.47. The summed E-state index contributed by atoms with van der Waals surface area (Å²) in [6, 6.07) is 9.52. The SMILES string of the molecule is CCO[Si](CCCC[C@H]1CC[C@H](c2ccc(/C=C/C(=O)OC)cc2)CC1)(OCC)OCC. The van der Waals surface area contributed by atoms with Gasteiger partial charge in [-0.1, -0.05) is 37.1 Å². The summed E-state index contributed by atoms with van der Waals surface area (Å²) in [6.45, 7) is 8.01. The van der Waals surface area contributed by atoms with Crippen LogP contribution in [0.5, 0.6) is 0 Å². The maximum absolute atomic E-state index is 11.2. The molecule has 0 unspecified atom stereocenters. The van der Waals surface area contributed by atoms with E-state index in [2.05, 4.69) is 29.0 Å². The Kier molecular flexibility index (Phi) is 12.2. The van der Waals surface area contributed by atoms with Crippen molar-refractivity contribution >= 4 is 20.8 Å². The first-order valence-electron chi connectivity index (χ1n) is 12.3. The zero-order chi connectivity index (χ0) is 23.2. The minimum atomic E-state index is -2.49. The second-order valence-corrected chi connectivity index (χ2v) is 11.2. The molecule has 1 saturated carbocycles. The van der Waals surface area contributed by atoms with Crippen molar-refractivity contribution in [1.82, 2.24) is 0 Å². The summed E-state index contributed by atoms with van der Waals surface area (Å²) in [7, 11) is -1.09. The molecule has 0 spiro atoms. The van der Waals surface area contributed by atoms with Crippen LogP contribution in [-0.4, -0.2) is 41.7 Å². The molecule has 0 radical (unpaired) electrons. The quantitative estimate of drug-likeness (QED) is 0.139. The van der Waals surface area contributed by atoms with Crippen LogP contribution in [0.3, 0.4) is 0 Å². The van der Waals surface area contributed by atoms with Gasteiger partial charge in [-0.05, 0) is 81.9 Å². The van der Waals surface area contributed by atoms with Crippen LogP contribution in [-0.2, 0) is 22.8 Å². The molecule has 1 aliphatic rings. The largest absolute Gasteiger partial charge is 0.500 e. The molecule has 1 fully saturated rings. The van der Waals surface area contributed by atoms with Gasteiger partial charge in [0.05, 0.1) is 7.11 Å². The number of carbonyl (C=O) groups excluding carboxylic acids is 1. The van der Waals surface area contributed by atoms with Gasteiger partial charge < -0.3 is 18.0 Å². The van der Waals surface area contributed by atoms with E-state index in [9.17, 15) is 4.79 Å². The summed E-state index contributed by atoms with van der Waals surface area (Å²) >= 11 is 0. The van der Waals surface area contributed by atoms with Crippen LogP contribution in [0.2, 0.25) is 6.04 Å². The third kappa shape index (κ3) is 8.81. The molecule has 0 bridgehead atoms. The Balaban J connectivity index is 1.73. The molecule has 1 aromatic carbocycles. The molecule has 2 rings (SSSR count). The average Bonchev–Trinajstić information content (AvgIpc) is 2.81. The molecule has 0 aromatic heterocycles. The van der Waals surface area contributed by atoms with Gasteiger partial charge in [0.2, 0.25) is 0 Å². The van der Waals surface area contributed by atoms with Crippen LogP contribution in [0.4, 0.5) is 0 Å². The van der Waals surface area contributed by atoms with Gasteiger partial charge in [-0.15, -0.1) is 0 Å². The third-order valence-electron chi connectivity index (χ3n) is 6.31. The van der Waals surface area contributed by atoms with Gasteiger partial charge in [-0.2, -0.15) is 0 Å². The summed E-state index contributed by atoms with van der Waals surface area (Å²) < 4.78 is 22.6. The van der Waals surface area contributed by atoms with Crippen molar-refractivity contribution in [2.24, 2.45) is 5.92 Å². The van der Waals surface area contributed by atoms with Crippen molar-refractivity contribution in [2.75, 3.05) is 26.9 Å². The molecule has 6 heteroatoms. The van der Waals surface area contributed by atoms with E-state index in [1.54, 1.807) is 6.08 Å². The summed E-state index contributed by atoms with van der Waals surface area (Å²) in [4.78, 5) is 11.2. The lowest BCUT2D eigenvalue weighted by atomic mass is 9.77. The molecular weight excluding hydrogens is 420 g/mol. The molecular formula is C26H42O5Si. The van der Waals surface area contributed by atoms with E-state index in [1.165, 1.54) is 57.3 Å². The van der Waals surface area contributed by atoms with E-state index < -0.39 is 8.80 Å². The minimum Gasteiger partial charge on any atom is -0.466 e. The molecule has 0 heterocycles. The highest BCUT2D eigenvalue weighted by Crippen LogP contribution is 2.38. The number of hydrogen-bond donors (Lipinski definition) is 0. The molecule has 32 heavy (non-hydrogen) atoms. The highest BCUT2D eigenvalue weighted by atomic mass is 28.4. The van der Waals surface area contributed by atoms with Crippen LogP contribution in [0, 0.1) is 5.92 Å². The van der Waals surface area contributed by atoms with Crippen LogP contribution < -0.4 is 0 Å². The molecule has 0 saturated heterocycles. The van der Waals surface area contributed by atoms with E-state index in [1.807, 2.05) is 20.8 Å². The summed E-state index contributed by atoms with van der Waals surface area (Å²) in [5, 5.41) is 0. The molecule has 5 nitrogen and oxygen atoms in total. The smallest absolute Gasteiger partial charge is 0.466 e. The lowest BCUT2D eigenvalue weighted by Crippen LogP contribution is -2.45. The molecule has 0 N–H and O–H groups in total. The highest BCUT2D eigenvalue weighted by Gasteiger charge is 2.39. The second kappa shape index (κ2) is 14.6. The van der Waals surface area contributed by atoms with E-state index in [0.717, 1.165) is 23.9 Å².